The standard InChI is InChI=1S/C14H17N5S2/c1-14(2,3)17-8-10-12(18-13-19(10)6-7-20-13)21-11-4-5-15-9-16-11/h4-7,9,17H,8H2,1-3H3. The Morgan fingerprint density at radius 3 is 2.95 bits per heavy atom. The Morgan fingerprint density at radius 1 is 1.38 bits per heavy atom. The van der Waals surface area contributed by atoms with Crippen LogP contribution in [-0.4, -0.2) is 24.9 Å². The van der Waals surface area contributed by atoms with Crippen molar-refractivity contribution < 1.29 is 0 Å². The summed E-state index contributed by atoms with van der Waals surface area (Å²) in [4.78, 5) is 13.9. The van der Waals surface area contributed by atoms with E-state index in [4.69, 9.17) is 4.98 Å². The first-order chi connectivity index (χ1) is 10.0. The van der Waals surface area contributed by atoms with E-state index in [0.29, 0.717) is 0 Å². The molecule has 0 aliphatic rings. The molecule has 0 saturated carbocycles. The summed E-state index contributed by atoms with van der Waals surface area (Å²) in [5.41, 5.74) is 1.24. The number of thiazole rings is 1. The zero-order chi connectivity index (χ0) is 14.9. The molecule has 0 radical (unpaired) electrons. The highest BCUT2D eigenvalue weighted by molar-refractivity contribution is 7.99. The van der Waals surface area contributed by atoms with Gasteiger partial charge in [0.1, 0.15) is 16.4 Å². The van der Waals surface area contributed by atoms with Gasteiger partial charge in [0.25, 0.3) is 0 Å². The number of hydrogen-bond donors (Lipinski definition) is 1. The SMILES string of the molecule is CC(C)(C)NCc1c(Sc2ccncn2)nc2sccn12. The van der Waals surface area contributed by atoms with E-state index >= 15 is 0 Å². The first-order valence-corrected chi connectivity index (χ1v) is 8.36. The molecule has 5 nitrogen and oxygen atoms in total. The topological polar surface area (TPSA) is 55.1 Å². The normalized spacial score (nSPS) is 12.1. The Hall–Kier alpha value is -1.44. The quantitative estimate of drug-likeness (QED) is 0.748. The predicted molar refractivity (Wildman–Crippen MR) is 85.8 cm³/mol. The lowest BCUT2D eigenvalue weighted by molar-refractivity contribution is 0.418. The molecule has 3 aromatic heterocycles. The van der Waals surface area contributed by atoms with Gasteiger partial charge in [0.05, 0.1) is 5.69 Å². The van der Waals surface area contributed by atoms with Crippen molar-refractivity contribution in [3.63, 3.8) is 0 Å². The summed E-state index contributed by atoms with van der Waals surface area (Å²) < 4.78 is 2.15. The van der Waals surface area contributed by atoms with Crippen LogP contribution in [0.25, 0.3) is 4.96 Å². The molecular weight excluding hydrogens is 302 g/mol. The zero-order valence-corrected chi connectivity index (χ0v) is 13.8. The number of rotatable bonds is 4. The second kappa shape index (κ2) is 5.75. The van der Waals surface area contributed by atoms with Crippen LogP contribution in [0.15, 0.2) is 40.2 Å². The maximum atomic E-state index is 4.71. The van der Waals surface area contributed by atoms with Gasteiger partial charge >= 0.3 is 0 Å². The molecule has 0 aromatic carbocycles. The second-order valence-corrected chi connectivity index (χ2v) is 7.55. The minimum Gasteiger partial charge on any atom is -0.306 e. The monoisotopic (exact) mass is 319 g/mol. The predicted octanol–water partition coefficient (Wildman–Crippen LogP) is 3.23. The molecule has 0 amide bonds. The van der Waals surface area contributed by atoms with Crippen LogP contribution in [0.5, 0.6) is 0 Å². The van der Waals surface area contributed by atoms with Gasteiger partial charge in [-0.2, -0.15) is 0 Å². The van der Waals surface area contributed by atoms with Gasteiger partial charge in [-0.1, -0.05) is 0 Å². The average molecular weight is 319 g/mol. The van der Waals surface area contributed by atoms with Gasteiger partial charge in [-0.25, -0.2) is 15.0 Å². The van der Waals surface area contributed by atoms with E-state index < -0.39 is 0 Å². The molecule has 7 heteroatoms. The Kier molecular flexibility index (Phi) is 3.97. The maximum Gasteiger partial charge on any atom is 0.194 e. The molecule has 110 valence electrons. The first kappa shape index (κ1) is 14.5. The third kappa shape index (κ3) is 3.42. The van der Waals surface area contributed by atoms with Crippen molar-refractivity contribution in [3.05, 3.63) is 35.9 Å². The largest absolute Gasteiger partial charge is 0.306 e. The van der Waals surface area contributed by atoms with E-state index in [-0.39, 0.29) is 5.54 Å². The number of fused-ring (bicyclic) bond motifs is 1. The van der Waals surface area contributed by atoms with Crippen molar-refractivity contribution in [2.24, 2.45) is 0 Å². The van der Waals surface area contributed by atoms with Gasteiger partial charge in [0.15, 0.2) is 4.96 Å². The van der Waals surface area contributed by atoms with Gasteiger partial charge in [0, 0.05) is 29.9 Å². The van der Waals surface area contributed by atoms with Crippen LogP contribution in [0.1, 0.15) is 26.5 Å². The van der Waals surface area contributed by atoms with Gasteiger partial charge in [-0.15, -0.1) is 11.3 Å². The van der Waals surface area contributed by atoms with Crippen molar-refractivity contribution >= 4 is 28.1 Å². The fraction of sp³-hybridized carbons (Fsp3) is 0.357. The number of nitrogens with zero attached hydrogens (tertiary/aromatic N) is 4. The smallest absolute Gasteiger partial charge is 0.194 e. The first-order valence-electron chi connectivity index (χ1n) is 6.66. The molecule has 0 aliphatic heterocycles. The third-order valence-electron chi connectivity index (χ3n) is 2.87. The molecule has 3 rings (SSSR count). The molecule has 3 aromatic rings. The number of imidazole rings is 1. The van der Waals surface area contributed by atoms with E-state index in [2.05, 4.69) is 52.0 Å². The lowest BCUT2D eigenvalue weighted by Gasteiger charge is -2.20. The van der Waals surface area contributed by atoms with E-state index in [1.54, 1.807) is 35.6 Å². The highest BCUT2D eigenvalue weighted by Gasteiger charge is 2.17. The number of nitrogens with one attached hydrogen (secondary N) is 1. The molecule has 3 heterocycles. The summed E-state index contributed by atoms with van der Waals surface area (Å²) >= 11 is 3.22. The molecule has 0 bridgehead atoms. The van der Waals surface area contributed by atoms with Crippen LogP contribution in [0.3, 0.4) is 0 Å². The van der Waals surface area contributed by atoms with E-state index in [1.807, 2.05) is 6.07 Å². The molecule has 0 saturated heterocycles. The fourth-order valence-corrected chi connectivity index (χ4v) is 3.48. The van der Waals surface area contributed by atoms with Crippen LogP contribution in [0.2, 0.25) is 0 Å². The molecule has 0 unspecified atom stereocenters. The number of hydrogen-bond acceptors (Lipinski definition) is 6. The lowest BCUT2D eigenvalue weighted by atomic mass is 10.1. The maximum absolute atomic E-state index is 4.71. The Balaban J connectivity index is 1.92. The molecule has 0 fully saturated rings. The summed E-state index contributed by atoms with van der Waals surface area (Å²) in [6.07, 6.45) is 5.38. The van der Waals surface area contributed by atoms with Gasteiger partial charge in [-0.05, 0) is 38.6 Å². The average Bonchev–Trinajstić information content (AvgIpc) is 2.98. The van der Waals surface area contributed by atoms with Gasteiger partial charge in [0.2, 0.25) is 0 Å². The Morgan fingerprint density at radius 2 is 2.24 bits per heavy atom. The molecule has 0 spiro atoms. The van der Waals surface area contributed by atoms with E-state index in [9.17, 15) is 0 Å². The summed E-state index contributed by atoms with van der Waals surface area (Å²) in [6, 6.07) is 1.90. The highest BCUT2D eigenvalue weighted by atomic mass is 32.2. The molecule has 0 atom stereocenters. The van der Waals surface area contributed by atoms with E-state index in [0.717, 1.165) is 21.6 Å². The lowest BCUT2D eigenvalue weighted by Crippen LogP contribution is -2.35. The fourth-order valence-electron chi connectivity index (χ4n) is 1.84. The van der Waals surface area contributed by atoms with Crippen LogP contribution in [-0.2, 0) is 6.54 Å². The van der Waals surface area contributed by atoms with Crippen molar-refractivity contribution in [1.29, 1.82) is 0 Å². The van der Waals surface area contributed by atoms with Crippen LogP contribution < -0.4 is 5.32 Å². The highest BCUT2D eigenvalue weighted by Crippen LogP contribution is 2.30. The third-order valence-corrected chi connectivity index (χ3v) is 4.59. The minimum atomic E-state index is 0.0665. The van der Waals surface area contributed by atoms with E-state index in [1.165, 1.54) is 5.69 Å². The molecule has 1 N–H and O–H groups in total. The van der Waals surface area contributed by atoms with Crippen molar-refractivity contribution in [2.75, 3.05) is 0 Å². The molecule has 0 aliphatic carbocycles. The summed E-state index contributed by atoms with van der Waals surface area (Å²) in [5, 5.41) is 7.50. The Bertz CT molecular complexity index is 727. The van der Waals surface area contributed by atoms with Gasteiger partial charge < -0.3 is 5.32 Å². The summed E-state index contributed by atoms with van der Waals surface area (Å²) in [6.45, 7) is 7.26. The molecule has 21 heavy (non-hydrogen) atoms. The van der Waals surface area contributed by atoms with Crippen molar-refractivity contribution in [3.8, 4) is 0 Å². The zero-order valence-electron chi connectivity index (χ0n) is 12.2. The second-order valence-electron chi connectivity index (χ2n) is 5.67. The number of aromatic nitrogens is 4. The van der Waals surface area contributed by atoms with Gasteiger partial charge in [-0.3, -0.25) is 4.40 Å². The van der Waals surface area contributed by atoms with Crippen molar-refractivity contribution in [1.82, 2.24) is 24.7 Å². The molecular formula is C14H17N5S2. The van der Waals surface area contributed by atoms with Crippen molar-refractivity contribution in [2.45, 2.75) is 42.9 Å². The summed E-state index contributed by atoms with van der Waals surface area (Å²) in [7, 11) is 0. The van der Waals surface area contributed by atoms with Crippen LogP contribution >= 0.6 is 23.1 Å². The summed E-state index contributed by atoms with van der Waals surface area (Å²) in [5.74, 6) is 0. The minimum absolute atomic E-state index is 0.0665. The van der Waals surface area contributed by atoms with Crippen LogP contribution in [0, 0.1) is 0 Å². The Labute approximate surface area is 131 Å². The van der Waals surface area contributed by atoms with Crippen LogP contribution in [0.4, 0.5) is 0 Å².